The van der Waals surface area contributed by atoms with Gasteiger partial charge in [-0.15, -0.1) is 0 Å². The Morgan fingerprint density at radius 1 is 0.417 bits per heavy atom. The first-order valence-corrected chi connectivity index (χ1v) is 37.6. The smallest absolute Gasteiger partial charge is 0.248 e. The number of amides is 2. The van der Waals surface area contributed by atoms with Crippen molar-refractivity contribution in [2.75, 3.05) is 193 Å². The molecule has 0 saturated carbocycles. The highest BCUT2D eigenvalue weighted by atomic mass is 32.2. The molecule has 0 aromatic rings. The van der Waals surface area contributed by atoms with Gasteiger partial charge in [0.25, 0.3) is 0 Å². The maximum Gasteiger partial charge on any atom is 0.248 e. The number of morpholine rings is 1. The number of piperidine rings is 1. The maximum absolute atomic E-state index is 11.2. The molecule has 8 saturated heterocycles. The fourth-order valence-electron chi connectivity index (χ4n) is 10.8. The molecule has 500 valence electrons. The van der Waals surface area contributed by atoms with E-state index in [0.29, 0.717) is 67.9 Å². The number of piperazine rings is 3. The minimum absolute atomic E-state index is 0.150. The number of likely N-dealkylation sites (tertiary alicyclic amines) is 2. The molecule has 0 aliphatic carbocycles. The van der Waals surface area contributed by atoms with Crippen molar-refractivity contribution < 1.29 is 36.3 Å². The van der Waals surface area contributed by atoms with Crippen LogP contribution in [0.15, 0.2) is 0 Å². The number of hydrogen-bond donors (Lipinski definition) is 1. The number of sulfone groups is 1. The Labute approximate surface area is 521 Å². The van der Waals surface area contributed by atoms with E-state index in [9.17, 15) is 26.4 Å². The van der Waals surface area contributed by atoms with Crippen LogP contribution in [0.4, 0.5) is 0 Å². The van der Waals surface area contributed by atoms with Crippen LogP contribution in [0.3, 0.4) is 0 Å². The SMILES string of the molecule is CC(=O)N1CCN(C(C)C)CC1.CC(C)N1CCCC1.CC(C)N1CCCCC1.CC(C)N1CCN(C(=O)CO)CC1.CC(C)N1CCN(S(C)(=O)=O)CC1.CC(C)N1CCOCC1.CC(C)N1CCS(=O)(=O)CC1.CC(C)N1CCSCC1. The third-order valence-corrected chi connectivity index (χ3v) is 21.0. The molecule has 0 atom stereocenters. The van der Waals surface area contributed by atoms with E-state index in [1.807, 2.05) is 4.90 Å². The standard InChI is InChI=1S/C9H18N2O2.C9H18N2O.C8H18N2O2S.C8H17N.C7H15NO2S.C7H15NO.C7H15NS.C7H15N/c1-8(2)10-3-5-11(6-4-10)9(13)7-12;1-8(2)10-4-6-11(7-5-10)9(3)12;1-8(2)9-4-6-10(7-5-9)13(3,11)12;1-8(2)9-6-4-3-5-7-9;1-7(2)8-3-5-11(9,10)6-4-8;2*1-7(2)8-3-5-9-6-4-8;1-7(2)8-5-3-4-6-8/h8,12H,3-7H2,1-2H3;8H,4-7H2,1-3H3;8H,4-7H2,1-3H3;8H,3-7H2,1-2H3;7H,3-6H2,1-2H3;2*7H,3-6H2,1-2H3;7H,3-6H2,1-2H3. The molecule has 8 aliphatic heterocycles. The number of hydrogen-bond acceptors (Lipinski definition) is 17. The number of aliphatic hydroxyl groups is 1. The van der Waals surface area contributed by atoms with Gasteiger partial charge in [-0.3, -0.25) is 39.0 Å². The summed E-state index contributed by atoms with van der Waals surface area (Å²) in [5, 5.41) is 8.66. The van der Waals surface area contributed by atoms with E-state index in [0.717, 1.165) is 110 Å². The Morgan fingerprint density at radius 2 is 0.702 bits per heavy atom. The summed E-state index contributed by atoms with van der Waals surface area (Å²) in [5.41, 5.74) is 0. The largest absolute Gasteiger partial charge is 0.387 e. The number of carbonyl (C=O) groups is 2. The second-order valence-corrected chi connectivity index (χ2v) is 31.4. The molecule has 8 aliphatic rings. The Balaban J connectivity index is 0.000000483. The highest BCUT2D eigenvalue weighted by Crippen LogP contribution is 2.14. The lowest BCUT2D eigenvalue weighted by molar-refractivity contribution is -0.136. The summed E-state index contributed by atoms with van der Waals surface area (Å²) in [7, 11) is -5.66. The minimum atomic E-state index is -2.97. The molecule has 0 aromatic heterocycles. The zero-order valence-electron chi connectivity index (χ0n) is 57.1. The van der Waals surface area contributed by atoms with Crippen molar-refractivity contribution in [3.05, 3.63) is 0 Å². The Bertz CT molecular complexity index is 1820. The molecule has 2 amide bonds. The molecule has 0 radical (unpaired) electrons. The zero-order chi connectivity index (χ0) is 63.6. The van der Waals surface area contributed by atoms with Gasteiger partial charge in [0, 0.05) is 185 Å². The van der Waals surface area contributed by atoms with Crippen LogP contribution in [0.1, 0.15) is 150 Å². The van der Waals surface area contributed by atoms with E-state index in [4.69, 9.17) is 9.84 Å². The molecular weight excluding hydrogens is 1120 g/mol. The molecule has 22 heteroatoms. The first-order chi connectivity index (χ1) is 39.4. The van der Waals surface area contributed by atoms with Crippen LogP contribution >= 0.6 is 11.8 Å². The molecule has 1 N–H and O–H groups in total. The second kappa shape index (κ2) is 44.3. The van der Waals surface area contributed by atoms with Crippen LogP contribution in [-0.4, -0.2) is 328 Å². The molecule has 8 fully saturated rings. The quantitative estimate of drug-likeness (QED) is 0.282. The lowest BCUT2D eigenvalue weighted by atomic mass is 10.1. The van der Waals surface area contributed by atoms with Crippen LogP contribution < -0.4 is 0 Å². The van der Waals surface area contributed by atoms with Crippen LogP contribution in [-0.2, 0) is 34.2 Å². The Kier molecular flexibility index (Phi) is 42.5. The molecular formula is C62H131N11O8S3. The number of rotatable bonds is 10. The van der Waals surface area contributed by atoms with Gasteiger partial charge >= 0.3 is 0 Å². The summed E-state index contributed by atoms with van der Waals surface area (Å²) in [6.45, 7) is 60.1. The van der Waals surface area contributed by atoms with Crippen molar-refractivity contribution in [1.29, 1.82) is 0 Å². The first-order valence-electron chi connectivity index (χ1n) is 32.8. The Hall–Kier alpha value is -1.25. The summed E-state index contributed by atoms with van der Waals surface area (Å²) in [6, 6.07) is 5.14. The van der Waals surface area contributed by atoms with E-state index >= 15 is 0 Å². The lowest BCUT2D eigenvalue weighted by Crippen LogP contribution is -2.51. The van der Waals surface area contributed by atoms with Crippen LogP contribution in [0.25, 0.3) is 0 Å². The van der Waals surface area contributed by atoms with Gasteiger partial charge in [0.15, 0.2) is 9.84 Å². The van der Waals surface area contributed by atoms with Crippen molar-refractivity contribution in [3.63, 3.8) is 0 Å². The maximum atomic E-state index is 11.2. The molecule has 0 spiro atoms. The van der Waals surface area contributed by atoms with Crippen LogP contribution in [0, 0.1) is 0 Å². The summed E-state index contributed by atoms with van der Waals surface area (Å²) >= 11 is 2.07. The van der Waals surface area contributed by atoms with Gasteiger partial charge in [-0.05, 0) is 163 Å². The van der Waals surface area contributed by atoms with Crippen molar-refractivity contribution in [1.82, 2.24) is 53.3 Å². The zero-order valence-corrected chi connectivity index (χ0v) is 59.6. The average Bonchev–Trinajstić information content (AvgIpc) is 4.03. The summed E-state index contributed by atoms with van der Waals surface area (Å²) in [5.74, 6) is 3.40. The van der Waals surface area contributed by atoms with Gasteiger partial charge in [0.2, 0.25) is 21.8 Å². The van der Waals surface area contributed by atoms with E-state index in [2.05, 4.69) is 162 Å². The fraction of sp³-hybridized carbons (Fsp3) is 0.968. The van der Waals surface area contributed by atoms with Gasteiger partial charge in [-0.2, -0.15) is 16.1 Å². The molecule has 0 unspecified atom stereocenters. The molecule has 8 heterocycles. The molecule has 8 rings (SSSR count). The van der Waals surface area contributed by atoms with Crippen molar-refractivity contribution >= 4 is 43.4 Å². The summed E-state index contributed by atoms with van der Waals surface area (Å²) < 4.78 is 51.1. The van der Waals surface area contributed by atoms with E-state index in [-0.39, 0.29) is 18.4 Å². The molecule has 19 nitrogen and oxygen atoms in total. The van der Waals surface area contributed by atoms with Gasteiger partial charge in [-0.1, -0.05) is 6.42 Å². The molecule has 0 aromatic carbocycles. The molecule has 84 heavy (non-hydrogen) atoms. The van der Waals surface area contributed by atoms with Gasteiger partial charge in [0.05, 0.1) is 31.0 Å². The topological polar surface area (TPSA) is 168 Å². The van der Waals surface area contributed by atoms with Crippen LogP contribution in [0.5, 0.6) is 0 Å². The predicted molar refractivity (Wildman–Crippen MR) is 356 cm³/mol. The average molecular weight is 1250 g/mol. The fourth-order valence-corrected chi connectivity index (χ4v) is 13.8. The van der Waals surface area contributed by atoms with Crippen LogP contribution in [0.2, 0.25) is 0 Å². The minimum Gasteiger partial charge on any atom is -0.387 e. The number of ether oxygens (including phenoxy) is 1. The first kappa shape index (κ1) is 80.8. The van der Waals surface area contributed by atoms with Crippen molar-refractivity contribution in [2.45, 2.75) is 198 Å². The molecule has 0 bridgehead atoms. The Morgan fingerprint density at radius 3 is 0.988 bits per heavy atom. The number of carbonyl (C=O) groups excluding carboxylic acids is 2. The third kappa shape index (κ3) is 35.8. The van der Waals surface area contributed by atoms with Gasteiger partial charge in [-0.25, -0.2) is 16.8 Å². The summed E-state index contributed by atoms with van der Waals surface area (Å²) in [4.78, 5) is 45.0. The summed E-state index contributed by atoms with van der Waals surface area (Å²) in [6.07, 6.45) is 8.38. The number of aliphatic hydroxyl groups excluding tert-OH is 1. The lowest BCUT2D eigenvalue weighted by Gasteiger charge is -2.36. The van der Waals surface area contributed by atoms with Crippen molar-refractivity contribution in [2.24, 2.45) is 0 Å². The highest BCUT2D eigenvalue weighted by Gasteiger charge is 2.26. The highest BCUT2D eigenvalue weighted by molar-refractivity contribution is 7.99. The van der Waals surface area contributed by atoms with E-state index in [1.54, 1.807) is 16.1 Å². The van der Waals surface area contributed by atoms with Crippen molar-refractivity contribution in [3.8, 4) is 0 Å². The number of sulfonamides is 1. The number of thioether (sulfide) groups is 1. The van der Waals surface area contributed by atoms with E-state index in [1.165, 1.54) is 89.1 Å². The monoisotopic (exact) mass is 1250 g/mol. The van der Waals surface area contributed by atoms with Gasteiger partial charge in [0.1, 0.15) is 6.61 Å². The van der Waals surface area contributed by atoms with E-state index < -0.39 is 19.9 Å². The third-order valence-electron chi connectivity index (χ3n) is 17.1. The number of nitrogens with zero attached hydrogens (tertiary/aromatic N) is 11. The predicted octanol–water partition coefficient (Wildman–Crippen LogP) is 5.73. The van der Waals surface area contributed by atoms with Gasteiger partial charge < -0.3 is 29.4 Å². The normalized spacial score (nSPS) is 22.3. The second-order valence-electron chi connectivity index (χ2n) is 25.9.